The number of hydrogen-bond acceptors (Lipinski definition) is 4. The van der Waals surface area contributed by atoms with Crippen molar-refractivity contribution in [2.45, 2.75) is 0 Å². The highest BCUT2D eigenvalue weighted by Crippen LogP contribution is 2.31. The van der Waals surface area contributed by atoms with Gasteiger partial charge in [0.05, 0.1) is 11.4 Å². The lowest BCUT2D eigenvalue weighted by atomic mass is 10.2. The number of rotatable bonds is 3. The van der Waals surface area contributed by atoms with Crippen LogP contribution in [0, 0.1) is 0 Å². The minimum absolute atomic E-state index is 0.0443. The van der Waals surface area contributed by atoms with Crippen LogP contribution >= 0.6 is 15.9 Å². The summed E-state index contributed by atoms with van der Waals surface area (Å²) in [6, 6.07) is 15.6. The fourth-order valence-corrected chi connectivity index (χ4v) is 4.19. The van der Waals surface area contributed by atoms with Crippen LogP contribution in [0.4, 0.5) is 5.69 Å². The molecule has 1 heterocycles. The molecule has 1 aliphatic rings. The number of hydrogen-bond donors (Lipinski definition) is 1. The molecule has 0 aliphatic carbocycles. The second-order valence-corrected chi connectivity index (χ2v) is 8.03. The first-order valence-electron chi connectivity index (χ1n) is 7.20. The Kier molecular flexibility index (Phi) is 4.73. The van der Waals surface area contributed by atoms with Gasteiger partial charge >= 0.3 is 0 Å². The van der Waals surface area contributed by atoms with E-state index < -0.39 is 15.7 Å². The van der Waals surface area contributed by atoms with Crippen molar-refractivity contribution in [1.29, 1.82) is 0 Å². The van der Waals surface area contributed by atoms with Gasteiger partial charge in [-0.3, -0.25) is 4.79 Å². The molecule has 2 aromatic rings. The molecule has 3 rings (SSSR count). The van der Waals surface area contributed by atoms with E-state index in [1.165, 1.54) is 0 Å². The minimum Gasteiger partial charge on any atom is -0.486 e. The lowest BCUT2D eigenvalue weighted by Gasteiger charge is -2.21. The van der Waals surface area contributed by atoms with Gasteiger partial charge in [-0.2, -0.15) is 0 Å². The molecule has 0 fully saturated rings. The summed E-state index contributed by atoms with van der Waals surface area (Å²) < 4.78 is 31.1. The molecular formula is C17H14BrNO4S. The summed E-state index contributed by atoms with van der Waals surface area (Å²) in [5.74, 6) is -0.921. The molecule has 0 saturated heterocycles. The normalized spacial score (nSPS) is 16.4. The number of sulfone groups is 1. The minimum atomic E-state index is -3.59. The van der Waals surface area contributed by atoms with E-state index in [2.05, 4.69) is 21.2 Å². The van der Waals surface area contributed by atoms with E-state index in [1.807, 2.05) is 6.07 Å². The van der Waals surface area contributed by atoms with E-state index in [0.717, 1.165) is 0 Å². The van der Waals surface area contributed by atoms with Crippen molar-refractivity contribution >= 4 is 42.3 Å². The van der Waals surface area contributed by atoms with Gasteiger partial charge in [0.25, 0.3) is 5.91 Å². The predicted molar refractivity (Wildman–Crippen MR) is 95.9 cm³/mol. The standard InChI is InChI=1S/C17H14BrNO4S/c18-13-8-4-5-9-14(13)19-17(20)15-16(12-6-2-1-3-7-12)24(21,22)11-10-23-15/h1-9H,10-11H2,(H,19,20). The quantitative estimate of drug-likeness (QED) is 0.847. The fraction of sp³-hybridized carbons (Fsp3) is 0.118. The highest BCUT2D eigenvalue weighted by atomic mass is 79.9. The molecule has 1 N–H and O–H groups in total. The fourth-order valence-electron chi connectivity index (χ4n) is 2.37. The van der Waals surface area contributed by atoms with Gasteiger partial charge in [0.15, 0.2) is 9.84 Å². The van der Waals surface area contributed by atoms with Gasteiger partial charge in [-0.1, -0.05) is 42.5 Å². The number of benzene rings is 2. The second kappa shape index (κ2) is 6.78. The van der Waals surface area contributed by atoms with Crippen LogP contribution in [0.15, 0.2) is 64.8 Å². The van der Waals surface area contributed by atoms with Gasteiger partial charge in [-0.05, 0) is 33.6 Å². The summed E-state index contributed by atoms with van der Waals surface area (Å²) in [7, 11) is -3.59. The number of halogens is 1. The molecule has 0 aromatic heterocycles. The van der Waals surface area contributed by atoms with Crippen LogP contribution in [0.2, 0.25) is 0 Å². The Morgan fingerprint density at radius 2 is 1.71 bits per heavy atom. The van der Waals surface area contributed by atoms with Crippen LogP contribution in [0.1, 0.15) is 5.56 Å². The summed E-state index contributed by atoms with van der Waals surface area (Å²) >= 11 is 3.34. The van der Waals surface area contributed by atoms with Gasteiger partial charge < -0.3 is 10.1 Å². The number of anilines is 1. The Balaban J connectivity index is 2.06. The van der Waals surface area contributed by atoms with Crippen LogP contribution in [0.3, 0.4) is 0 Å². The third-order valence-corrected chi connectivity index (χ3v) is 5.92. The molecule has 0 spiro atoms. The van der Waals surface area contributed by atoms with Gasteiger partial charge in [-0.25, -0.2) is 8.42 Å². The van der Waals surface area contributed by atoms with Crippen molar-refractivity contribution in [2.75, 3.05) is 17.7 Å². The van der Waals surface area contributed by atoms with Crippen LogP contribution in [-0.4, -0.2) is 26.7 Å². The zero-order valence-corrected chi connectivity index (χ0v) is 14.9. The van der Waals surface area contributed by atoms with Crippen molar-refractivity contribution in [3.05, 3.63) is 70.4 Å². The molecule has 0 bridgehead atoms. The maximum Gasteiger partial charge on any atom is 0.292 e. The second-order valence-electron chi connectivity index (χ2n) is 5.13. The molecule has 1 aliphatic heterocycles. The van der Waals surface area contributed by atoms with Crippen molar-refractivity contribution in [1.82, 2.24) is 0 Å². The van der Waals surface area contributed by atoms with Crippen LogP contribution in [0.5, 0.6) is 0 Å². The molecule has 0 unspecified atom stereocenters. The number of carbonyl (C=O) groups excluding carboxylic acids is 1. The zero-order chi connectivity index (χ0) is 17.2. The molecule has 7 heteroatoms. The van der Waals surface area contributed by atoms with Gasteiger partial charge in [-0.15, -0.1) is 0 Å². The molecule has 24 heavy (non-hydrogen) atoms. The van der Waals surface area contributed by atoms with Crippen LogP contribution in [0.25, 0.3) is 4.91 Å². The number of carbonyl (C=O) groups is 1. The Bertz CT molecular complexity index is 907. The summed E-state index contributed by atoms with van der Waals surface area (Å²) in [5.41, 5.74) is 0.975. The largest absolute Gasteiger partial charge is 0.486 e. The number of amides is 1. The lowest BCUT2D eigenvalue weighted by molar-refractivity contribution is -0.115. The Morgan fingerprint density at radius 1 is 1.04 bits per heavy atom. The zero-order valence-electron chi connectivity index (χ0n) is 12.5. The Morgan fingerprint density at radius 3 is 2.42 bits per heavy atom. The van der Waals surface area contributed by atoms with E-state index in [1.54, 1.807) is 48.5 Å². The highest BCUT2D eigenvalue weighted by Gasteiger charge is 2.33. The third-order valence-electron chi connectivity index (χ3n) is 3.48. The summed E-state index contributed by atoms with van der Waals surface area (Å²) in [6.07, 6.45) is 0. The molecular weight excluding hydrogens is 394 g/mol. The van der Waals surface area contributed by atoms with Crippen molar-refractivity contribution < 1.29 is 17.9 Å². The van der Waals surface area contributed by atoms with E-state index >= 15 is 0 Å². The first-order chi connectivity index (χ1) is 11.5. The van der Waals surface area contributed by atoms with Crippen molar-refractivity contribution in [3.8, 4) is 0 Å². The molecule has 5 nitrogen and oxygen atoms in total. The lowest BCUT2D eigenvalue weighted by Crippen LogP contribution is -2.28. The Hall–Kier alpha value is -2.12. The van der Waals surface area contributed by atoms with Gasteiger partial charge in [0.1, 0.15) is 11.5 Å². The number of ether oxygens (including phenoxy) is 1. The topological polar surface area (TPSA) is 72.5 Å². The highest BCUT2D eigenvalue weighted by molar-refractivity contribution is 9.10. The molecule has 0 saturated carbocycles. The van der Waals surface area contributed by atoms with Gasteiger partial charge in [0.2, 0.25) is 5.76 Å². The summed E-state index contributed by atoms with van der Waals surface area (Å²) in [4.78, 5) is 12.5. The SMILES string of the molecule is O=C(Nc1ccccc1Br)C1=C(c2ccccc2)S(=O)(=O)CCO1. The number of nitrogens with one attached hydrogen (secondary N) is 1. The van der Waals surface area contributed by atoms with E-state index in [-0.39, 0.29) is 23.0 Å². The Labute approximate surface area is 148 Å². The predicted octanol–water partition coefficient (Wildman–Crippen LogP) is 3.20. The van der Waals surface area contributed by atoms with Gasteiger partial charge in [0, 0.05) is 4.47 Å². The van der Waals surface area contributed by atoms with E-state index in [0.29, 0.717) is 15.7 Å². The van der Waals surface area contributed by atoms with E-state index in [4.69, 9.17) is 4.74 Å². The average Bonchev–Trinajstić information content (AvgIpc) is 2.56. The maximum absolute atomic E-state index is 12.6. The van der Waals surface area contributed by atoms with Crippen molar-refractivity contribution in [2.24, 2.45) is 0 Å². The molecule has 124 valence electrons. The first-order valence-corrected chi connectivity index (χ1v) is 9.65. The van der Waals surface area contributed by atoms with Crippen molar-refractivity contribution in [3.63, 3.8) is 0 Å². The van der Waals surface area contributed by atoms with Crippen LogP contribution in [-0.2, 0) is 19.4 Å². The smallest absolute Gasteiger partial charge is 0.292 e. The molecule has 0 radical (unpaired) electrons. The molecule has 2 aromatic carbocycles. The molecule has 0 atom stereocenters. The average molecular weight is 408 g/mol. The van der Waals surface area contributed by atoms with E-state index in [9.17, 15) is 13.2 Å². The molecule has 1 amide bonds. The number of para-hydroxylation sites is 1. The summed E-state index contributed by atoms with van der Waals surface area (Å²) in [5, 5.41) is 2.68. The monoisotopic (exact) mass is 407 g/mol. The van der Waals surface area contributed by atoms with Crippen LogP contribution < -0.4 is 5.32 Å². The maximum atomic E-state index is 12.6. The first kappa shape index (κ1) is 16.7. The third kappa shape index (κ3) is 3.37. The summed E-state index contributed by atoms with van der Waals surface area (Å²) in [6.45, 7) is -0.0443.